The number of fused-ring (bicyclic) bond motifs is 1. The van der Waals surface area contributed by atoms with Crippen molar-refractivity contribution in [2.24, 2.45) is 0 Å². The van der Waals surface area contributed by atoms with E-state index in [1.165, 1.54) is 33.0 Å². The van der Waals surface area contributed by atoms with Gasteiger partial charge in [0.05, 0.1) is 0 Å². The maximum absolute atomic E-state index is 2.31. The molecule has 130 valence electrons. The Morgan fingerprint density at radius 1 is 0.769 bits per heavy atom. The van der Waals surface area contributed by atoms with Crippen LogP contribution in [0.25, 0.3) is 21.9 Å². The monoisotopic (exact) mass is 432 g/mol. The Morgan fingerprint density at radius 3 is 1.85 bits per heavy atom. The molecular weight excluding hydrogens is 408 g/mol. The van der Waals surface area contributed by atoms with Crippen molar-refractivity contribution >= 4 is 16.2 Å². The molecule has 0 saturated carbocycles. The molecule has 4 aromatic carbocycles. The molecule has 0 aliphatic carbocycles. The van der Waals surface area contributed by atoms with Crippen LogP contribution in [-0.4, -0.2) is 5.43 Å². The molecule has 0 bridgehead atoms. The zero-order chi connectivity index (χ0) is 18.9. The van der Waals surface area contributed by atoms with Crippen LogP contribution in [0.4, 0.5) is 0 Å². The van der Waals surface area contributed by atoms with Gasteiger partial charge in [0.25, 0.3) is 0 Å². The predicted octanol–water partition coefficient (Wildman–Crippen LogP) is 7.03. The van der Waals surface area contributed by atoms with Gasteiger partial charge in [-0.25, -0.2) is 12.1 Å². The van der Waals surface area contributed by atoms with Crippen LogP contribution >= 0.6 is 0 Å². The van der Waals surface area contributed by atoms with Crippen molar-refractivity contribution in [3.8, 4) is 11.1 Å². The van der Waals surface area contributed by atoms with Crippen LogP contribution in [0.2, 0.25) is 13.1 Å². The first-order valence-corrected chi connectivity index (χ1v) is 15.1. The Labute approximate surface area is 173 Å². The summed E-state index contributed by atoms with van der Waals surface area (Å²) in [6.45, 7) is 8.83. The van der Waals surface area contributed by atoms with Gasteiger partial charge in [-0.05, 0) is 0 Å². The molecule has 0 radical (unpaired) electrons. The third-order valence-corrected chi connectivity index (χ3v) is 3.83. The molecule has 26 heavy (non-hydrogen) atoms. The summed E-state index contributed by atoms with van der Waals surface area (Å²) < 4.78 is 0. The Bertz CT molecular complexity index is 924. The van der Waals surface area contributed by atoms with Crippen molar-refractivity contribution in [3.63, 3.8) is 0 Å². The van der Waals surface area contributed by atoms with Gasteiger partial charge < -0.3 is 0 Å². The van der Waals surface area contributed by atoms with E-state index in [0.717, 1.165) is 0 Å². The number of hydrogen-bond acceptors (Lipinski definition) is 0. The summed E-state index contributed by atoms with van der Waals surface area (Å²) in [5, 5.41) is 2.65. The fraction of sp³-hybridized carbons (Fsp3) is 0.167. The van der Waals surface area contributed by atoms with E-state index < -0.39 is 0 Å². The SMILES string of the molecule is C[Si](C)=[Zr+2].Cc1ccc(C)[cH-]1.c1ccc(-c2c[cH-]c3ccccc23)cc1. The van der Waals surface area contributed by atoms with Crippen molar-refractivity contribution < 1.29 is 23.3 Å². The summed E-state index contributed by atoms with van der Waals surface area (Å²) in [6, 6.07) is 29.8. The molecular formula is C24H26SiZr. The second-order valence-electron chi connectivity index (χ2n) is 6.67. The van der Waals surface area contributed by atoms with Crippen molar-refractivity contribution in [2.75, 3.05) is 0 Å². The summed E-state index contributed by atoms with van der Waals surface area (Å²) in [7, 11) is 0. The largest absolute Gasteiger partial charge is 0.211 e. The van der Waals surface area contributed by atoms with Crippen molar-refractivity contribution in [1.82, 2.24) is 0 Å². The van der Waals surface area contributed by atoms with Crippen molar-refractivity contribution in [3.05, 3.63) is 96.1 Å². The van der Waals surface area contributed by atoms with E-state index in [0.29, 0.717) is 0 Å². The Kier molecular flexibility index (Phi) is 8.48. The van der Waals surface area contributed by atoms with Gasteiger partial charge in [-0.1, -0.05) is 55.8 Å². The minimum absolute atomic E-state index is 0.210. The molecule has 0 amide bonds. The first-order valence-electron chi connectivity index (χ1n) is 8.89. The molecule has 2 heteroatoms. The van der Waals surface area contributed by atoms with Crippen LogP contribution in [0, 0.1) is 13.8 Å². The molecule has 0 spiro atoms. The van der Waals surface area contributed by atoms with E-state index in [1.54, 1.807) is 23.3 Å². The van der Waals surface area contributed by atoms with Crippen LogP contribution in [0.5, 0.6) is 0 Å². The minimum Gasteiger partial charge on any atom is -0.211 e. The third kappa shape index (κ3) is 6.67. The standard InChI is InChI=1S/C15H11.C7H9.C2H6Si.Zr/c1-2-6-12(7-3-1)15-11-10-13-8-4-5-9-14(13)15;1-6-3-4-7(2)5-6;1-3-2;/h1-11H;3-5H,1-2H3;1-2H3;/q2*-1;;+2. The van der Waals surface area contributed by atoms with Crippen LogP contribution < -0.4 is 0 Å². The predicted molar refractivity (Wildman–Crippen MR) is 114 cm³/mol. The van der Waals surface area contributed by atoms with Crippen LogP contribution in [0.15, 0.2) is 84.9 Å². The molecule has 0 aromatic heterocycles. The number of aryl methyl sites for hydroxylation is 2. The van der Waals surface area contributed by atoms with Crippen molar-refractivity contribution in [1.29, 1.82) is 0 Å². The van der Waals surface area contributed by atoms with Crippen molar-refractivity contribution in [2.45, 2.75) is 26.9 Å². The van der Waals surface area contributed by atoms with E-state index >= 15 is 0 Å². The molecule has 0 nitrogen and oxygen atoms in total. The van der Waals surface area contributed by atoms with Gasteiger partial charge in [-0.2, -0.15) is 17.2 Å². The molecule has 0 saturated heterocycles. The molecule has 4 rings (SSSR count). The zero-order valence-corrected chi connectivity index (χ0v) is 19.5. The van der Waals surface area contributed by atoms with Gasteiger partial charge in [-0.3, -0.25) is 0 Å². The molecule has 0 aliphatic rings. The quantitative estimate of drug-likeness (QED) is 0.223. The number of rotatable bonds is 1. The molecule has 0 heterocycles. The van der Waals surface area contributed by atoms with Gasteiger partial charge in [0.1, 0.15) is 0 Å². The summed E-state index contributed by atoms with van der Waals surface area (Å²) in [6.07, 6.45) is 0. The molecule has 0 aliphatic heterocycles. The van der Waals surface area contributed by atoms with Gasteiger partial charge in [0, 0.05) is 0 Å². The topological polar surface area (TPSA) is 0 Å². The molecule has 4 aromatic rings. The van der Waals surface area contributed by atoms with E-state index in [1.807, 2.05) is 0 Å². The first-order chi connectivity index (χ1) is 12.5. The number of benzene rings is 2. The van der Waals surface area contributed by atoms with E-state index in [-0.39, 0.29) is 5.43 Å². The van der Waals surface area contributed by atoms with Crippen LogP contribution in [0.3, 0.4) is 0 Å². The van der Waals surface area contributed by atoms with E-state index in [4.69, 9.17) is 0 Å². The van der Waals surface area contributed by atoms with E-state index in [9.17, 15) is 0 Å². The third-order valence-electron chi connectivity index (χ3n) is 3.83. The Morgan fingerprint density at radius 2 is 1.31 bits per heavy atom. The molecule has 0 atom stereocenters. The van der Waals surface area contributed by atoms with Gasteiger partial charge in [-0.15, -0.1) is 46.7 Å². The molecule has 0 unspecified atom stereocenters. The van der Waals surface area contributed by atoms with Gasteiger partial charge >= 0.3 is 41.9 Å². The van der Waals surface area contributed by atoms with E-state index in [2.05, 4.69) is 112 Å². The van der Waals surface area contributed by atoms with Gasteiger partial charge in [0.2, 0.25) is 0 Å². The Hall–Kier alpha value is -1.50. The van der Waals surface area contributed by atoms with Crippen LogP contribution in [-0.2, 0) is 23.3 Å². The average molecular weight is 434 g/mol. The fourth-order valence-corrected chi connectivity index (χ4v) is 2.74. The maximum atomic E-state index is 2.31. The van der Waals surface area contributed by atoms with Gasteiger partial charge in [0.15, 0.2) is 0 Å². The maximum Gasteiger partial charge on any atom is -0.0623 e. The summed E-state index contributed by atoms with van der Waals surface area (Å²) in [5.74, 6) is 0. The number of hydrogen-bond donors (Lipinski definition) is 0. The zero-order valence-electron chi connectivity index (χ0n) is 16.1. The summed E-state index contributed by atoms with van der Waals surface area (Å²) >= 11 is 1.74. The summed E-state index contributed by atoms with van der Waals surface area (Å²) in [4.78, 5) is 0. The second kappa shape index (κ2) is 10.6. The average Bonchev–Trinajstić information content (AvgIpc) is 3.21. The summed E-state index contributed by atoms with van der Waals surface area (Å²) in [5.41, 5.74) is 5.54. The smallest absolute Gasteiger partial charge is 0.0623 e. The van der Waals surface area contributed by atoms with Crippen LogP contribution in [0.1, 0.15) is 11.1 Å². The molecule has 0 fully saturated rings. The Balaban J connectivity index is 0.000000185. The fourth-order valence-electron chi connectivity index (χ4n) is 2.74. The molecule has 0 N–H and O–H groups in total. The first kappa shape index (κ1) is 20.8. The second-order valence-corrected chi connectivity index (χ2v) is 16.0. The minimum atomic E-state index is 0.210. The normalized spacial score (nSPS) is 9.77.